The number of rotatable bonds is 4. The Morgan fingerprint density at radius 3 is 2.82 bits per heavy atom. The summed E-state index contributed by atoms with van der Waals surface area (Å²) in [5.41, 5.74) is 3.72. The van der Waals surface area contributed by atoms with Gasteiger partial charge in [-0.15, -0.1) is 10.2 Å². The maximum atomic E-state index is 12.7. The van der Waals surface area contributed by atoms with Crippen molar-refractivity contribution >= 4 is 17.4 Å². The molecular weight excluding hydrogens is 350 g/mol. The van der Waals surface area contributed by atoms with E-state index in [2.05, 4.69) is 25.4 Å². The highest BCUT2D eigenvalue weighted by Crippen LogP contribution is 2.24. The lowest BCUT2D eigenvalue weighted by atomic mass is 9.97. The number of pyridine rings is 1. The van der Waals surface area contributed by atoms with Crippen LogP contribution in [-0.2, 0) is 4.79 Å². The molecule has 1 N–H and O–H groups in total. The van der Waals surface area contributed by atoms with Crippen molar-refractivity contribution in [3.8, 4) is 11.3 Å². The summed E-state index contributed by atoms with van der Waals surface area (Å²) in [7, 11) is 0. The van der Waals surface area contributed by atoms with Gasteiger partial charge < -0.3 is 10.2 Å². The lowest BCUT2D eigenvalue weighted by Crippen LogP contribution is -2.41. The van der Waals surface area contributed by atoms with E-state index in [0.717, 1.165) is 47.7 Å². The van der Waals surface area contributed by atoms with E-state index < -0.39 is 0 Å². The van der Waals surface area contributed by atoms with Crippen molar-refractivity contribution in [2.75, 3.05) is 23.3 Å². The number of aromatic nitrogens is 3. The summed E-state index contributed by atoms with van der Waals surface area (Å²) < 4.78 is 0. The number of benzene rings is 1. The minimum Gasteiger partial charge on any atom is -0.354 e. The third-order valence-electron chi connectivity index (χ3n) is 5.01. The van der Waals surface area contributed by atoms with Crippen molar-refractivity contribution in [3.05, 3.63) is 66.5 Å². The molecule has 6 heteroatoms. The summed E-state index contributed by atoms with van der Waals surface area (Å²) in [5.74, 6) is 0.810. The van der Waals surface area contributed by atoms with Crippen LogP contribution in [0.2, 0.25) is 0 Å². The van der Waals surface area contributed by atoms with Crippen LogP contribution in [0, 0.1) is 12.8 Å². The molecule has 1 unspecified atom stereocenters. The third-order valence-corrected chi connectivity index (χ3v) is 5.01. The fourth-order valence-electron chi connectivity index (χ4n) is 3.53. The molecular formula is C22H23N5O. The number of piperidine rings is 1. The second-order valence-corrected chi connectivity index (χ2v) is 7.16. The number of hydrogen-bond donors (Lipinski definition) is 1. The average Bonchev–Trinajstić information content (AvgIpc) is 2.75. The molecule has 1 amide bonds. The van der Waals surface area contributed by atoms with E-state index in [9.17, 15) is 4.79 Å². The molecule has 1 aliphatic rings. The summed E-state index contributed by atoms with van der Waals surface area (Å²) in [6.07, 6.45) is 5.35. The molecule has 142 valence electrons. The standard InChI is InChI=1S/C22H23N5O/c1-16-5-2-8-19(13-16)24-22(28)18-7-4-12-27(15-18)21-10-9-20(25-26-21)17-6-3-11-23-14-17/h2-3,5-6,8-11,13-14,18H,4,7,12,15H2,1H3,(H,24,28). The van der Waals surface area contributed by atoms with E-state index in [-0.39, 0.29) is 11.8 Å². The Bertz CT molecular complexity index is 943. The van der Waals surface area contributed by atoms with Gasteiger partial charge in [-0.25, -0.2) is 0 Å². The molecule has 1 atom stereocenters. The van der Waals surface area contributed by atoms with Gasteiger partial charge in [-0.05, 0) is 61.7 Å². The first-order chi connectivity index (χ1) is 13.7. The number of hydrogen-bond acceptors (Lipinski definition) is 5. The van der Waals surface area contributed by atoms with Gasteiger partial charge in [0.25, 0.3) is 0 Å². The summed E-state index contributed by atoms with van der Waals surface area (Å²) in [5, 5.41) is 11.8. The summed E-state index contributed by atoms with van der Waals surface area (Å²) in [6.45, 7) is 3.56. The summed E-state index contributed by atoms with van der Waals surface area (Å²) in [4.78, 5) is 19.0. The minimum atomic E-state index is -0.0611. The summed E-state index contributed by atoms with van der Waals surface area (Å²) in [6, 6.07) is 15.7. The van der Waals surface area contributed by atoms with E-state index in [4.69, 9.17) is 0 Å². The van der Waals surface area contributed by atoms with Crippen molar-refractivity contribution in [1.82, 2.24) is 15.2 Å². The number of aryl methyl sites for hydroxylation is 1. The van der Waals surface area contributed by atoms with Gasteiger partial charge in [0, 0.05) is 36.7 Å². The van der Waals surface area contributed by atoms with Gasteiger partial charge in [0.1, 0.15) is 0 Å². The van der Waals surface area contributed by atoms with Crippen molar-refractivity contribution in [1.29, 1.82) is 0 Å². The maximum Gasteiger partial charge on any atom is 0.229 e. The fourth-order valence-corrected chi connectivity index (χ4v) is 3.53. The zero-order valence-corrected chi connectivity index (χ0v) is 15.9. The van der Waals surface area contributed by atoms with Gasteiger partial charge in [-0.3, -0.25) is 9.78 Å². The molecule has 1 saturated heterocycles. The molecule has 0 saturated carbocycles. The predicted octanol–water partition coefficient (Wildman–Crippen LogP) is 3.70. The molecule has 6 nitrogen and oxygen atoms in total. The molecule has 2 aromatic heterocycles. The van der Waals surface area contributed by atoms with Gasteiger partial charge in [-0.1, -0.05) is 12.1 Å². The van der Waals surface area contributed by atoms with Crippen molar-refractivity contribution in [3.63, 3.8) is 0 Å². The highest BCUT2D eigenvalue weighted by atomic mass is 16.1. The first kappa shape index (κ1) is 18.1. The van der Waals surface area contributed by atoms with Crippen molar-refractivity contribution in [2.45, 2.75) is 19.8 Å². The highest BCUT2D eigenvalue weighted by molar-refractivity contribution is 5.93. The van der Waals surface area contributed by atoms with Gasteiger partial charge in [0.05, 0.1) is 11.6 Å². The zero-order valence-electron chi connectivity index (χ0n) is 15.9. The normalized spacial score (nSPS) is 16.6. The SMILES string of the molecule is Cc1cccc(NC(=O)C2CCCN(c3ccc(-c4cccnc4)nn3)C2)c1. The van der Waals surface area contributed by atoms with Crippen LogP contribution in [0.5, 0.6) is 0 Å². The smallest absolute Gasteiger partial charge is 0.229 e. The highest BCUT2D eigenvalue weighted by Gasteiger charge is 2.26. The third kappa shape index (κ3) is 4.17. The largest absolute Gasteiger partial charge is 0.354 e. The van der Waals surface area contributed by atoms with Crippen LogP contribution in [0.15, 0.2) is 60.9 Å². The molecule has 1 fully saturated rings. The second-order valence-electron chi connectivity index (χ2n) is 7.16. The number of amides is 1. The lowest BCUT2D eigenvalue weighted by Gasteiger charge is -2.32. The Hall–Kier alpha value is -3.28. The Balaban J connectivity index is 1.42. The van der Waals surface area contributed by atoms with Crippen LogP contribution in [0.1, 0.15) is 18.4 Å². The molecule has 0 aliphatic carbocycles. The molecule has 0 spiro atoms. The zero-order chi connectivity index (χ0) is 19.3. The molecule has 1 aromatic carbocycles. The van der Waals surface area contributed by atoms with Gasteiger partial charge in [0.2, 0.25) is 5.91 Å². The maximum absolute atomic E-state index is 12.7. The number of nitrogens with zero attached hydrogens (tertiary/aromatic N) is 4. The quantitative estimate of drug-likeness (QED) is 0.755. The first-order valence-corrected chi connectivity index (χ1v) is 9.56. The van der Waals surface area contributed by atoms with Crippen LogP contribution in [-0.4, -0.2) is 34.2 Å². The Morgan fingerprint density at radius 1 is 1.14 bits per heavy atom. The van der Waals surface area contributed by atoms with E-state index in [0.29, 0.717) is 6.54 Å². The van der Waals surface area contributed by atoms with Crippen LogP contribution in [0.3, 0.4) is 0 Å². The van der Waals surface area contributed by atoms with Crippen LogP contribution >= 0.6 is 0 Å². The average molecular weight is 373 g/mol. The Labute approximate surface area is 164 Å². The summed E-state index contributed by atoms with van der Waals surface area (Å²) >= 11 is 0. The van der Waals surface area contributed by atoms with Crippen LogP contribution in [0.4, 0.5) is 11.5 Å². The van der Waals surface area contributed by atoms with Crippen LogP contribution in [0.25, 0.3) is 11.3 Å². The van der Waals surface area contributed by atoms with E-state index in [1.54, 1.807) is 12.4 Å². The monoisotopic (exact) mass is 373 g/mol. The van der Waals surface area contributed by atoms with E-state index in [1.165, 1.54) is 0 Å². The minimum absolute atomic E-state index is 0.0611. The molecule has 0 radical (unpaired) electrons. The van der Waals surface area contributed by atoms with Crippen LogP contribution < -0.4 is 10.2 Å². The molecule has 3 aromatic rings. The first-order valence-electron chi connectivity index (χ1n) is 9.56. The number of nitrogens with one attached hydrogen (secondary N) is 1. The topological polar surface area (TPSA) is 71.0 Å². The Morgan fingerprint density at radius 2 is 2.07 bits per heavy atom. The molecule has 28 heavy (non-hydrogen) atoms. The van der Waals surface area contributed by atoms with Gasteiger partial charge in [-0.2, -0.15) is 0 Å². The molecule has 3 heterocycles. The molecule has 0 bridgehead atoms. The molecule has 1 aliphatic heterocycles. The number of carbonyl (C=O) groups is 1. The number of anilines is 2. The Kier molecular flexibility index (Phi) is 5.28. The number of carbonyl (C=O) groups excluding carboxylic acids is 1. The fraction of sp³-hybridized carbons (Fsp3) is 0.273. The van der Waals surface area contributed by atoms with Crippen molar-refractivity contribution in [2.24, 2.45) is 5.92 Å². The van der Waals surface area contributed by atoms with E-state index >= 15 is 0 Å². The predicted molar refractivity (Wildman–Crippen MR) is 110 cm³/mol. The van der Waals surface area contributed by atoms with Crippen molar-refractivity contribution < 1.29 is 4.79 Å². The lowest BCUT2D eigenvalue weighted by molar-refractivity contribution is -0.120. The van der Waals surface area contributed by atoms with Gasteiger partial charge >= 0.3 is 0 Å². The van der Waals surface area contributed by atoms with Gasteiger partial charge in [0.15, 0.2) is 5.82 Å². The van der Waals surface area contributed by atoms with E-state index in [1.807, 2.05) is 55.5 Å². The second kappa shape index (κ2) is 8.17. The molecule has 4 rings (SSSR count).